The molecule has 3 aromatic heterocycles. The van der Waals surface area contributed by atoms with Gasteiger partial charge in [0, 0.05) is 51.8 Å². The van der Waals surface area contributed by atoms with Crippen molar-refractivity contribution in [2.75, 3.05) is 19.4 Å². The number of aromatic nitrogens is 5. The van der Waals surface area contributed by atoms with Gasteiger partial charge < -0.3 is 19.8 Å². The zero-order valence-electron chi connectivity index (χ0n) is 21.9. The molecule has 0 spiro atoms. The number of benzene rings is 1. The van der Waals surface area contributed by atoms with Gasteiger partial charge in [0.1, 0.15) is 17.8 Å². The van der Waals surface area contributed by atoms with Crippen LogP contribution >= 0.6 is 0 Å². The molecule has 13 nitrogen and oxygen atoms in total. The monoisotopic (exact) mass is 530 g/mol. The van der Waals surface area contributed by atoms with E-state index in [1.54, 1.807) is 57.3 Å². The molecule has 13 heteroatoms. The van der Waals surface area contributed by atoms with Crippen LogP contribution < -0.4 is 10.9 Å². The molecule has 0 aliphatic carbocycles. The fourth-order valence-corrected chi connectivity index (χ4v) is 4.43. The second-order valence-corrected chi connectivity index (χ2v) is 9.23. The van der Waals surface area contributed by atoms with E-state index < -0.39 is 34.7 Å². The molecule has 0 unspecified atom stereocenters. The van der Waals surface area contributed by atoms with Crippen LogP contribution in [0.1, 0.15) is 62.1 Å². The first-order valence-electron chi connectivity index (χ1n) is 11.8. The van der Waals surface area contributed by atoms with Crippen LogP contribution in [-0.2, 0) is 14.1 Å². The minimum Gasteiger partial charge on any atom is -0.501 e. The van der Waals surface area contributed by atoms with E-state index in [9.17, 15) is 24.8 Å². The van der Waals surface area contributed by atoms with E-state index in [4.69, 9.17) is 4.52 Å². The summed E-state index contributed by atoms with van der Waals surface area (Å²) >= 11 is 0. The zero-order valence-corrected chi connectivity index (χ0v) is 21.9. The van der Waals surface area contributed by atoms with Crippen molar-refractivity contribution >= 4 is 17.5 Å². The maximum absolute atomic E-state index is 13.0. The van der Waals surface area contributed by atoms with Crippen LogP contribution in [0.2, 0.25) is 0 Å². The van der Waals surface area contributed by atoms with E-state index in [1.165, 1.54) is 30.5 Å². The Morgan fingerprint density at radius 1 is 1.23 bits per heavy atom. The van der Waals surface area contributed by atoms with Crippen molar-refractivity contribution in [3.05, 3.63) is 87.2 Å². The Balaban J connectivity index is 1.86. The Hall–Kier alpha value is -5.25. The van der Waals surface area contributed by atoms with Crippen LogP contribution in [0, 0.1) is 11.3 Å². The standard InChI is InChI=1S/C26H26N8O5/c1-14(23-31-21(22(35)26(38)34(23)5)24(36)30-18-11-29-39-13-18)20(17-10-28-33(4)12-17)19-7-6-15(8-16(19)9-27)25(37)32(2)3/h6-8,10-14,20,35H,1-5H3,(H,30,36)/t14-,20-/m0/s1. The fraction of sp³-hybridized carbons (Fsp3) is 0.269. The van der Waals surface area contributed by atoms with Gasteiger partial charge in [-0.25, -0.2) is 4.98 Å². The third-order valence-electron chi connectivity index (χ3n) is 6.36. The Kier molecular flexibility index (Phi) is 7.30. The summed E-state index contributed by atoms with van der Waals surface area (Å²) in [7, 11) is 6.43. The largest absolute Gasteiger partial charge is 0.501 e. The van der Waals surface area contributed by atoms with Gasteiger partial charge in [-0.2, -0.15) is 10.4 Å². The fourth-order valence-electron chi connectivity index (χ4n) is 4.43. The van der Waals surface area contributed by atoms with Crippen LogP contribution in [0.5, 0.6) is 5.75 Å². The summed E-state index contributed by atoms with van der Waals surface area (Å²) in [5.74, 6) is -2.88. The topological polar surface area (TPSA) is 172 Å². The highest BCUT2D eigenvalue weighted by atomic mass is 16.5. The first-order chi connectivity index (χ1) is 18.5. The number of rotatable bonds is 7. The lowest BCUT2D eigenvalue weighted by molar-refractivity contribution is 0.0827. The Labute approximate surface area is 222 Å². The van der Waals surface area contributed by atoms with Gasteiger partial charge in [-0.3, -0.25) is 23.6 Å². The molecule has 39 heavy (non-hydrogen) atoms. The van der Waals surface area contributed by atoms with Gasteiger partial charge in [0.05, 0.1) is 24.0 Å². The van der Waals surface area contributed by atoms with Crippen molar-refractivity contribution in [1.29, 1.82) is 5.26 Å². The molecule has 2 atom stereocenters. The lowest BCUT2D eigenvalue weighted by Gasteiger charge is -2.26. The van der Waals surface area contributed by atoms with E-state index in [2.05, 4.69) is 26.6 Å². The predicted octanol–water partition coefficient (Wildman–Crippen LogP) is 1.97. The van der Waals surface area contributed by atoms with E-state index >= 15 is 0 Å². The minimum absolute atomic E-state index is 0.180. The second-order valence-electron chi connectivity index (χ2n) is 9.23. The molecule has 0 saturated heterocycles. The molecule has 4 aromatic rings. The van der Waals surface area contributed by atoms with Crippen molar-refractivity contribution < 1.29 is 19.2 Å². The molecule has 0 bridgehead atoms. The highest BCUT2D eigenvalue weighted by Gasteiger charge is 2.32. The van der Waals surface area contributed by atoms with Gasteiger partial charge in [-0.05, 0) is 23.3 Å². The van der Waals surface area contributed by atoms with Crippen LogP contribution in [0.25, 0.3) is 0 Å². The molecule has 1 aromatic carbocycles. The van der Waals surface area contributed by atoms with Gasteiger partial charge in [0.15, 0.2) is 5.69 Å². The molecule has 3 heterocycles. The van der Waals surface area contributed by atoms with Gasteiger partial charge in [0.2, 0.25) is 5.75 Å². The summed E-state index contributed by atoms with van der Waals surface area (Å²) in [5.41, 5.74) is 0.823. The Morgan fingerprint density at radius 3 is 2.56 bits per heavy atom. The molecule has 0 aliphatic heterocycles. The highest BCUT2D eigenvalue weighted by Crippen LogP contribution is 2.39. The SMILES string of the molecule is C[C@H](c1nc(C(=O)Nc2cnoc2)c(O)c(=O)n1C)[C@@H](c1cnn(C)c1)c1ccc(C(=O)N(C)C)cc1C#N. The molecule has 2 amide bonds. The number of nitrogens with one attached hydrogen (secondary N) is 1. The first-order valence-corrected chi connectivity index (χ1v) is 11.8. The number of amides is 2. The zero-order chi connectivity index (χ0) is 28.4. The minimum atomic E-state index is -0.830. The van der Waals surface area contributed by atoms with Gasteiger partial charge >= 0.3 is 0 Å². The number of nitrogens with zero attached hydrogens (tertiary/aromatic N) is 7. The smallest absolute Gasteiger partial charge is 0.296 e. The second kappa shape index (κ2) is 10.6. The van der Waals surface area contributed by atoms with E-state index in [-0.39, 0.29) is 23.0 Å². The van der Waals surface area contributed by atoms with Crippen molar-refractivity contribution in [2.24, 2.45) is 14.1 Å². The molecule has 200 valence electrons. The average molecular weight is 531 g/mol. The number of aromatic hydroxyl groups is 1. The number of aryl methyl sites for hydroxylation is 1. The summed E-state index contributed by atoms with van der Waals surface area (Å²) < 4.78 is 7.47. The number of anilines is 1. The average Bonchev–Trinajstić information content (AvgIpc) is 3.58. The Bertz CT molecular complexity index is 1650. The summed E-state index contributed by atoms with van der Waals surface area (Å²) in [6.45, 7) is 1.79. The number of carbonyl (C=O) groups is 2. The number of hydrogen-bond acceptors (Lipinski definition) is 9. The molecule has 0 fully saturated rings. The quantitative estimate of drug-likeness (QED) is 0.362. The molecule has 4 rings (SSSR count). The molecule has 0 aliphatic rings. The van der Waals surface area contributed by atoms with Crippen LogP contribution in [0.15, 0.2) is 52.4 Å². The number of nitriles is 1. The predicted molar refractivity (Wildman–Crippen MR) is 138 cm³/mol. The van der Waals surface area contributed by atoms with Gasteiger partial charge in [-0.1, -0.05) is 18.1 Å². The lowest BCUT2D eigenvalue weighted by atomic mass is 9.80. The summed E-state index contributed by atoms with van der Waals surface area (Å²) in [4.78, 5) is 44.2. The third kappa shape index (κ3) is 5.12. The van der Waals surface area contributed by atoms with Crippen LogP contribution in [0.4, 0.5) is 5.69 Å². The van der Waals surface area contributed by atoms with Crippen molar-refractivity contribution in [3.8, 4) is 11.8 Å². The highest BCUT2D eigenvalue weighted by molar-refractivity contribution is 6.04. The molecule has 0 radical (unpaired) electrons. The van der Waals surface area contributed by atoms with Crippen LogP contribution in [-0.4, -0.2) is 60.4 Å². The summed E-state index contributed by atoms with van der Waals surface area (Å²) in [6, 6.07) is 7.03. The van der Waals surface area contributed by atoms with Crippen molar-refractivity contribution in [1.82, 2.24) is 29.4 Å². The first kappa shape index (κ1) is 26.8. The maximum atomic E-state index is 13.0. The van der Waals surface area contributed by atoms with Crippen LogP contribution in [0.3, 0.4) is 0 Å². The molecular formula is C26H26N8O5. The number of hydrogen-bond donors (Lipinski definition) is 2. The lowest BCUT2D eigenvalue weighted by Crippen LogP contribution is -2.29. The van der Waals surface area contributed by atoms with E-state index in [0.717, 1.165) is 4.57 Å². The van der Waals surface area contributed by atoms with Gasteiger partial charge in [0.25, 0.3) is 17.4 Å². The normalized spacial score (nSPS) is 12.4. The summed E-state index contributed by atoms with van der Waals surface area (Å²) in [6.07, 6.45) is 5.86. The number of carbonyl (C=O) groups excluding carboxylic acids is 2. The van der Waals surface area contributed by atoms with Gasteiger partial charge in [-0.15, -0.1) is 0 Å². The maximum Gasteiger partial charge on any atom is 0.296 e. The van der Waals surface area contributed by atoms with E-state index in [0.29, 0.717) is 16.7 Å². The van der Waals surface area contributed by atoms with Crippen molar-refractivity contribution in [2.45, 2.75) is 18.8 Å². The third-order valence-corrected chi connectivity index (χ3v) is 6.36. The summed E-state index contributed by atoms with van der Waals surface area (Å²) in [5, 5.41) is 30.8. The molecule has 0 saturated carbocycles. The Morgan fingerprint density at radius 2 is 1.97 bits per heavy atom. The molecular weight excluding hydrogens is 504 g/mol. The molecule has 2 N–H and O–H groups in total. The van der Waals surface area contributed by atoms with E-state index in [1.807, 2.05) is 0 Å². The van der Waals surface area contributed by atoms with Crippen molar-refractivity contribution in [3.63, 3.8) is 0 Å².